The highest BCUT2D eigenvalue weighted by molar-refractivity contribution is 7.09. The van der Waals surface area contributed by atoms with E-state index >= 15 is 0 Å². The van der Waals surface area contributed by atoms with Crippen LogP contribution in [0.2, 0.25) is 0 Å². The van der Waals surface area contributed by atoms with E-state index in [0.717, 1.165) is 49.3 Å². The molecule has 0 saturated carbocycles. The molecule has 0 atom stereocenters. The van der Waals surface area contributed by atoms with Crippen molar-refractivity contribution >= 4 is 22.5 Å². The molecule has 24 heavy (non-hydrogen) atoms. The number of imidazole rings is 1. The van der Waals surface area contributed by atoms with Crippen molar-refractivity contribution in [2.24, 2.45) is 7.05 Å². The number of nitrogens with zero attached hydrogens (tertiary/aromatic N) is 6. The van der Waals surface area contributed by atoms with Gasteiger partial charge in [0.2, 0.25) is 0 Å². The number of aryl methyl sites for hydroxylation is 2. The Morgan fingerprint density at radius 3 is 2.79 bits per heavy atom. The van der Waals surface area contributed by atoms with Crippen molar-refractivity contribution in [2.75, 3.05) is 13.1 Å². The summed E-state index contributed by atoms with van der Waals surface area (Å²) in [5, 5.41) is 0. The molecule has 3 aromatic rings. The van der Waals surface area contributed by atoms with Gasteiger partial charge in [-0.15, -0.1) is 11.3 Å². The molecule has 1 saturated heterocycles. The summed E-state index contributed by atoms with van der Waals surface area (Å²) in [5.41, 5.74) is 4.58. The number of aromatic nitrogens is 5. The molecule has 1 aliphatic heterocycles. The highest BCUT2D eigenvalue weighted by Gasteiger charge is 2.25. The van der Waals surface area contributed by atoms with Crippen LogP contribution in [0.1, 0.15) is 29.5 Å². The van der Waals surface area contributed by atoms with E-state index in [4.69, 9.17) is 0 Å². The lowest BCUT2D eigenvalue weighted by molar-refractivity contribution is 0.180. The quantitative estimate of drug-likeness (QED) is 0.724. The molecule has 0 aliphatic carbocycles. The maximum absolute atomic E-state index is 12.6. The van der Waals surface area contributed by atoms with Gasteiger partial charge in [-0.2, -0.15) is 0 Å². The molecule has 4 rings (SSSR count). The maximum Gasteiger partial charge on any atom is 0.330 e. The van der Waals surface area contributed by atoms with Crippen LogP contribution in [0.3, 0.4) is 0 Å². The predicted octanol–water partition coefficient (Wildman–Crippen LogP) is 1.73. The third kappa shape index (κ3) is 2.55. The topological polar surface area (TPSA) is 68.8 Å². The van der Waals surface area contributed by atoms with Crippen LogP contribution in [0.5, 0.6) is 0 Å². The van der Waals surface area contributed by atoms with Gasteiger partial charge < -0.3 is 0 Å². The number of rotatable bonds is 3. The van der Waals surface area contributed by atoms with Gasteiger partial charge in [0.15, 0.2) is 5.65 Å². The third-order valence-electron chi connectivity index (χ3n) is 4.89. The normalized spacial score (nSPS) is 16.9. The first-order valence-corrected chi connectivity index (χ1v) is 9.01. The predicted molar refractivity (Wildman–Crippen MR) is 93.2 cm³/mol. The summed E-state index contributed by atoms with van der Waals surface area (Å²) in [6.07, 6.45) is 5.14. The Balaban J connectivity index is 1.53. The van der Waals surface area contributed by atoms with Crippen LogP contribution in [0.15, 0.2) is 22.8 Å². The number of likely N-dealkylation sites (tertiary alicyclic amines) is 1. The Kier molecular flexibility index (Phi) is 3.93. The van der Waals surface area contributed by atoms with E-state index in [1.165, 1.54) is 11.2 Å². The average molecular weight is 344 g/mol. The molecule has 8 heteroatoms. The molecule has 7 nitrogen and oxygen atoms in total. The molecule has 126 valence electrons. The largest absolute Gasteiger partial charge is 0.330 e. The summed E-state index contributed by atoms with van der Waals surface area (Å²) < 4.78 is 3.49. The lowest BCUT2D eigenvalue weighted by Crippen LogP contribution is -2.37. The van der Waals surface area contributed by atoms with Gasteiger partial charge in [-0.3, -0.25) is 14.0 Å². The van der Waals surface area contributed by atoms with Crippen molar-refractivity contribution in [3.63, 3.8) is 0 Å². The Labute approximate surface area is 143 Å². The molecule has 1 aliphatic rings. The number of fused-ring (bicyclic) bond motifs is 1. The highest BCUT2D eigenvalue weighted by atomic mass is 32.1. The molecular formula is C16H20N6OS. The Bertz CT molecular complexity index is 918. The minimum atomic E-state index is 0.00208. The van der Waals surface area contributed by atoms with E-state index < -0.39 is 0 Å². The summed E-state index contributed by atoms with van der Waals surface area (Å²) in [4.78, 5) is 29.1. The van der Waals surface area contributed by atoms with Crippen molar-refractivity contribution in [1.82, 2.24) is 29.0 Å². The van der Waals surface area contributed by atoms with Crippen LogP contribution in [0.25, 0.3) is 11.2 Å². The molecule has 1 fully saturated rings. The molecule has 0 radical (unpaired) electrons. The third-order valence-corrected chi connectivity index (χ3v) is 5.81. The fraction of sp³-hybridized carbons (Fsp3) is 0.500. The van der Waals surface area contributed by atoms with Crippen LogP contribution >= 0.6 is 11.3 Å². The van der Waals surface area contributed by atoms with Crippen molar-refractivity contribution < 1.29 is 0 Å². The van der Waals surface area contributed by atoms with Gasteiger partial charge in [0, 0.05) is 37.6 Å². The number of hydrogen-bond acceptors (Lipinski definition) is 6. The maximum atomic E-state index is 12.6. The molecule has 0 spiro atoms. The highest BCUT2D eigenvalue weighted by Crippen LogP contribution is 2.26. The molecule has 3 aromatic heterocycles. The minimum absolute atomic E-state index is 0.00208. The smallest absolute Gasteiger partial charge is 0.298 e. The summed E-state index contributed by atoms with van der Waals surface area (Å²) in [6, 6.07) is 0.204. The lowest BCUT2D eigenvalue weighted by Gasteiger charge is -2.32. The monoisotopic (exact) mass is 344 g/mol. The van der Waals surface area contributed by atoms with E-state index in [0.29, 0.717) is 0 Å². The van der Waals surface area contributed by atoms with Gasteiger partial charge in [0.1, 0.15) is 11.8 Å². The second-order valence-electron chi connectivity index (χ2n) is 6.31. The molecule has 0 aromatic carbocycles. The van der Waals surface area contributed by atoms with Crippen molar-refractivity contribution in [3.8, 4) is 0 Å². The second kappa shape index (κ2) is 6.10. The van der Waals surface area contributed by atoms with E-state index in [2.05, 4.69) is 26.8 Å². The Morgan fingerprint density at radius 2 is 2.08 bits per heavy atom. The molecule has 0 N–H and O–H groups in total. The van der Waals surface area contributed by atoms with Crippen LogP contribution < -0.4 is 5.69 Å². The Morgan fingerprint density at radius 1 is 1.29 bits per heavy atom. The summed E-state index contributed by atoms with van der Waals surface area (Å²) in [7, 11) is 1.78. The molecular weight excluding hydrogens is 324 g/mol. The standard InChI is InChI=1S/C16H20N6OS/c1-11-14(24-10-19-11)8-21-5-3-12(4-6-21)22-15-13(7-17-9-18-15)20(2)16(22)23/h7,9-10,12H,3-6,8H2,1-2H3. The SMILES string of the molecule is Cc1ncsc1CN1CCC(n2c(=O)n(C)c3cncnc32)CC1. The zero-order chi connectivity index (χ0) is 16.7. The van der Waals surface area contributed by atoms with Crippen LogP contribution in [0, 0.1) is 6.92 Å². The lowest BCUT2D eigenvalue weighted by atomic mass is 10.0. The van der Waals surface area contributed by atoms with E-state index in [1.54, 1.807) is 29.1 Å². The van der Waals surface area contributed by atoms with Crippen LogP contribution in [-0.2, 0) is 13.6 Å². The van der Waals surface area contributed by atoms with Crippen molar-refractivity contribution in [2.45, 2.75) is 32.4 Å². The summed E-state index contributed by atoms with van der Waals surface area (Å²) in [6.45, 7) is 4.98. The van der Waals surface area contributed by atoms with Crippen LogP contribution in [-0.4, -0.2) is 42.1 Å². The van der Waals surface area contributed by atoms with Gasteiger partial charge in [-0.25, -0.2) is 19.7 Å². The van der Waals surface area contributed by atoms with E-state index in [9.17, 15) is 4.79 Å². The number of thiazole rings is 1. The molecule has 0 amide bonds. The van der Waals surface area contributed by atoms with E-state index in [-0.39, 0.29) is 11.7 Å². The zero-order valence-corrected chi connectivity index (χ0v) is 14.7. The van der Waals surface area contributed by atoms with Crippen molar-refractivity contribution in [3.05, 3.63) is 39.1 Å². The second-order valence-corrected chi connectivity index (χ2v) is 7.25. The first kappa shape index (κ1) is 15.5. The van der Waals surface area contributed by atoms with E-state index in [1.807, 2.05) is 10.1 Å². The average Bonchev–Trinajstić information content (AvgIpc) is 3.11. The first-order chi connectivity index (χ1) is 11.6. The van der Waals surface area contributed by atoms with Crippen molar-refractivity contribution in [1.29, 1.82) is 0 Å². The number of piperidine rings is 1. The summed E-state index contributed by atoms with van der Waals surface area (Å²) in [5.74, 6) is 0. The zero-order valence-electron chi connectivity index (χ0n) is 13.8. The van der Waals surface area contributed by atoms with Gasteiger partial charge in [0.05, 0.1) is 17.4 Å². The fourth-order valence-corrected chi connectivity index (χ4v) is 4.26. The molecule has 0 unspecified atom stereocenters. The molecule has 4 heterocycles. The fourth-order valence-electron chi connectivity index (χ4n) is 3.44. The number of hydrogen-bond donors (Lipinski definition) is 0. The first-order valence-electron chi connectivity index (χ1n) is 8.13. The molecule has 0 bridgehead atoms. The van der Waals surface area contributed by atoms with Gasteiger partial charge in [0.25, 0.3) is 0 Å². The minimum Gasteiger partial charge on any atom is -0.298 e. The van der Waals surface area contributed by atoms with Gasteiger partial charge >= 0.3 is 5.69 Å². The Hall–Kier alpha value is -2.06. The summed E-state index contributed by atoms with van der Waals surface area (Å²) >= 11 is 1.72. The van der Waals surface area contributed by atoms with Crippen LogP contribution in [0.4, 0.5) is 0 Å². The van der Waals surface area contributed by atoms with Gasteiger partial charge in [-0.1, -0.05) is 0 Å². The van der Waals surface area contributed by atoms with Gasteiger partial charge in [-0.05, 0) is 19.8 Å².